The van der Waals surface area contributed by atoms with E-state index in [4.69, 9.17) is 0 Å². The lowest BCUT2D eigenvalue weighted by molar-refractivity contribution is 0.102. The number of carbonyl (C=O) groups excluding carboxylic acids is 1. The summed E-state index contributed by atoms with van der Waals surface area (Å²) in [5.41, 5.74) is 1.23. The first-order valence-electron chi connectivity index (χ1n) is 7.24. The summed E-state index contributed by atoms with van der Waals surface area (Å²) in [7, 11) is 0. The molecular formula is C17H14FN5O. The zero-order chi connectivity index (χ0) is 16.8. The van der Waals surface area contributed by atoms with Crippen LogP contribution in [0, 0.1) is 5.82 Å². The van der Waals surface area contributed by atoms with Crippen molar-refractivity contribution in [3.63, 3.8) is 0 Å². The van der Waals surface area contributed by atoms with Gasteiger partial charge in [-0.05, 0) is 42.0 Å². The number of hydrogen-bond acceptors (Lipinski definition) is 5. The molecule has 2 heterocycles. The van der Waals surface area contributed by atoms with Gasteiger partial charge in [-0.25, -0.2) is 4.39 Å². The molecule has 0 saturated carbocycles. The van der Waals surface area contributed by atoms with Crippen molar-refractivity contribution in [1.29, 1.82) is 0 Å². The van der Waals surface area contributed by atoms with Gasteiger partial charge in [0.15, 0.2) is 5.82 Å². The molecule has 3 aromatic rings. The number of nitrogens with zero attached hydrogens (tertiary/aromatic N) is 3. The van der Waals surface area contributed by atoms with E-state index in [2.05, 4.69) is 25.8 Å². The van der Waals surface area contributed by atoms with Crippen molar-refractivity contribution in [2.75, 3.05) is 10.6 Å². The van der Waals surface area contributed by atoms with Gasteiger partial charge in [-0.15, -0.1) is 10.2 Å². The predicted molar refractivity (Wildman–Crippen MR) is 87.9 cm³/mol. The zero-order valence-corrected chi connectivity index (χ0v) is 12.6. The highest BCUT2D eigenvalue weighted by Crippen LogP contribution is 2.10. The molecule has 24 heavy (non-hydrogen) atoms. The maximum atomic E-state index is 13.1. The Hall–Kier alpha value is -3.35. The Morgan fingerprint density at radius 3 is 2.58 bits per heavy atom. The number of aromatic nitrogens is 3. The topological polar surface area (TPSA) is 79.8 Å². The van der Waals surface area contributed by atoms with E-state index in [-0.39, 0.29) is 11.4 Å². The van der Waals surface area contributed by atoms with Crippen LogP contribution in [0.5, 0.6) is 0 Å². The summed E-state index contributed by atoms with van der Waals surface area (Å²) in [4.78, 5) is 16.0. The molecule has 0 aliphatic rings. The van der Waals surface area contributed by atoms with Crippen LogP contribution in [0.25, 0.3) is 0 Å². The fourth-order valence-electron chi connectivity index (χ4n) is 2.01. The first-order chi connectivity index (χ1) is 11.7. The molecular weight excluding hydrogens is 309 g/mol. The fraction of sp³-hybridized carbons (Fsp3) is 0.0588. The zero-order valence-electron chi connectivity index (χ0n) is 12.6. The standard InChI is InChI=1S/C17H14FN5O/c18-14-5-1-4-13(9-14)17(24)21-16-7-6-15(22-23-16)20-11-12-3-2-8-19-10-12/h1-10H,11H2,(H,20,22)(H,21,23,24). The second kappa shape index (κ2) is 7.28. The smallest absolute Gasteiger partial charge is 0.256 e. The number of nitrogens with one attached hydrogen (secondary N) is 2. The van der Waals surface area contributed by atoms with E-state index < -0.39 is 11.7 Å². The van der Waals surface area contributed by atoms with Crippen LogP contribution in [0.1, 0.15) is 15.9 Å². The van der Waals surface area contributed by atoms with Crippen molar-refractivity contribution in [3.05, 3.63) is 77.9 Å². The third kappa shape index (κ3) is 4.10. The minimum atomic E-state index is -0.469. The molecule has 7 heteroatoms. The minimum absolute atomic E-state index is 0.218. The average molecular weight is 323 g/mol. The van der Waals surface area contributed by atoms with Crippen LogP contribution >= 0.6 is 0 Å². The highest BCUT2D eigenvalue weighted by molar-refractivity contribution is 6.03. The lowest BCUT2D eigenvalue weighted by atomic mass is 10.2. The molecule has 0 radical (unpaired) electrons. The second-order valence-corrected chi connectivity index (χ2v) is 4.98. The van der Waals surface area contributed by atoms with Crippen LogP contribution in [0.2, 0.25) is 0 Å². The Morgan fingerprint density at radius 1 is 1.04 bits per heavy atom. The van der Waals surface area contributed by atoms with E-state index in [1.165, 1.54) is 18.2 Å². The van der Waals surface area contributed by atoms with Gasteiger partial charge in [0.25, 0.3) is 5.91 Å². The molecule has 6 nitrogen and oxygen atoms in total. The first kappa shape index (κ1) is 15.5. The molecule has 2 aromatic heterocycles. The molecule has 1 aromatic carbocycles. The first-order valence-corrected chi connectivity index (χ1v) is 7.24. The molecule has 0 fully saturated rings. The highest BCUT2D eigenvalue weighted by atomic mass is 19.1. The van der Waals surface area contributed by atoms with E-state index in [1.807, 2.05) is 12.1 Å². The van der Waals surface area contributed by atoms with Gasteiger partial charge < -0.3 is 10.6 Å². The lowest BCUT2D eigenvalue weighted by Crippen LogP contribution is -2.14. The van der Waals surface area contributed by atoms with Crippen molar-refractivity contribution < 1.29 is 9.18 Å². The Labute approximate surface area is 137 Å². The molecule has 1 amide bonds. The van der Waals surface area contributed by atoms with Gasteiger partial charge in [0, 0.05) is 24.5 Å². The van der Waals surface area contributed by atoms with Gasteiger partial charge >= 0.3 is 0 Å². The van der Waals surface area contributed by atoms with Crippen molar-refractivity contribution >= 4 is 17.5 Å². The van der Waals surface area contributed by atoms with Gasteiger partial charge in [-0.1, -0.05) is 12.1 Å². The largest absolute Gasteiger partial charge is 0.364 e. The Kier molecular flexibility index (Phi) is 4.71. The van der Waals surface area contributed by atoms with E-state index in [0.717, 1.165) is 11.6 Å². The lowest BCUT2D eigenvalue weighted by Gasteiger charge is -2.07. The summed E-state index contributed by atoms with van der Waals surface area (Å²) < 4.78 is 13.1. The summed E-state index contributed by atoms with van der Waals surface area (Å²) in [6, 6.07) is 12.6. The molecule has 0 bridgehead atoms. The molecule has 0 aliphatic heterocycles. The Balaban J connectivity index is 1.59. The fourth-order valence-corrected chi connectivity index (χ4v) is 2.01. The summed E-state index contributed by atoms with van der Waals surface area (Å²) >= 11 is 0. The third-order valence-corrected chi connectivity index (χ3v) is 3.19. The third-order valence-electron chi connectivity index (χ3n) is 3.19. The van der Waals surface area contributed by atoms with E-state index >= 15 is 0 Å². The Bertz CT molecular complexity index is 824. The molecule has 0 unspecified atom stereocenters. The molecule has 0 atom stereocenters. The number of hydrogen-bond donors (Lipinski definition) is 2. The molecule has 120 valence electrons. The van der Waals surface area contributed by atoms with Crippen molar-refractivity contribution in [1.82, 2.24) is 15.2 Å². The monoisotopic (exact) mass is 323 g/mol. The molecule has 2 N–H and O–H groups in total. The predicted octanol–water partition coefficient (Wildman–Crippen LogP) is 2.88. The van der Waals surface area contributed by atoms with Crippen molar-refractivity contribution in [2.45, 2.75) is 6.54 Å². The number of anilines is 2. The van der Waals surface area contributed by atoms with Crippen LogP contribution in [0.4, 0.5) is 16.0 Å². The number of halogens is 1. The van der Waals surface area contributed by atoms with E-state index in [0.29, 0.717) is 12.4 Å². The summed E-state index contributed by atoms with van der Waals surface area (Å²) in [5.74, 6) is -0.0534. The highest BCUT2D eigenvalue weighted by Gasteiger charge is 2.08. The van der Waals surface area contributed by atoms with Gasteiger partial charge in [-0.2, -0.15) is 0 Å². The van der Waals surface area contributed by atoms with Crippen LogP contribution < -0.4 is 10.6 Å². The second-order valence-electron chi connectivity index (χ2n) is 4.98. The van der Waals surface area contributed by atoms with Crippen molar-refractivity contribution in [3.8, 4) is 0 Å². The maximum absolute atomic E-state index is 13.1. The van der Waals surface area contributed by atoms with Crippen LogP contribution in [0.3, 0.4) is 0 Å². The van der Waals surface area contributed by atoms with Crippen LogP contribution in [-0.4, -0.2) is 21.1 Å². The van der Waals surface area contributed by atoms with E-state index in [1.54, 1.807) is 24.5 Å². The minimum Gasteiger partial charge on any atom is -0.364 e. The summed E-state index contributed by atoms with van der Waals surface area (Å²) in [5, 5.41) is 13.6. The summed E-state index contributed by atoms with van der Waals surface area (Å²) in [6.45, 7) is 0.567. The molecule has 0 spiro atoms. The quantitative estimate of drug-likeness (QED) is 0.755. The van der Waals surface area contributed by atoms with Crippen molar-refractivity contribution in [2.24, 2.45) is 0 Å². The number of amides is 1. The molecule has 0 aliphatic carbocycles. The van der Waals surface area contributed by atoms with Crippen LogP contribution in [0.15, 0.2) is 60.9 Å². The number of benzene rings is 1. The SMILES string of the molecule is O=C(Nc1ccc(NCc2cccnc2)nn1)c1cccc(F)c1. The van der Waals surface area contributed by atoms with Gasteiger partial charge in [0.05, 0.1) is 0 Å². The van der Waals surface area contributed by atoms with E-state index in [9.17, 15) is 9.18 Å². The number of rotatable bonds is 5. The van der Waals surface area contributed by atoms with Crippen LogP contribution in [-0.2, 0) is 6.54 Å². The normalized spacial score (nSPS) is 10.2. The average Bonchev–Trinajstić information content (AvgIpc) is 2.62. The van der Waals surface area contributed by atoms with Gasteiger partial charge in [0.1, 0.15) is 11.6 Å². The van der Waals surface area contributed by atoms with Gasteiger partial charge in [0.2, 0.25) is 0 Å². The maximum Gasteiger partial charge on any atom is 0.256 e. The number of pyridine rings is 1. The van der Waals surface area contributed by atoms with Gasteiger partial charge in [-0.3, -0.25) is 9.78 Å². The number of carbonyl (C=O) groups is 1. The molecule has 0 saturated heterocycles. The summed E-state index contributed by atoms with van der Waals surface area (Å²) in [6.07, 6.45) is 3.47. The Morgan fingerprint density at radius 2 is 1.88 bits per heavy atom. The molecule has 3 rings (SSSR count).